The zero-order valence-corrected chi connectivity index (χ0v) is 15.8. The standard InChI is InChI=1S/C21H18N4O4/c1-28-18-4-3-14(9-19(18)29-2)17-10-15(21(26)27)16-11-23-25(20(16)24-17)12-13-5-7-22-8-6-13/h3-11H,12H2,1-2H3,(H,26,27)/p-1. The molecule has 0 bridgehead atoms. The maximum Gasteiger partial charge on any atom is 0.161 e. The second-order valence-corrected chi connectivity index (χ2v) is 6.31. The molecule has 1 aromatic carbocycles. The van der Waals surface area contributed by atoms with E-state index < -0.39 is 5.97 Å². The number of fused-ring (bicyclic) bond motifs is 1. The molecule has 0 aliphatic rings. The summed E-state index contributed by atoms with van der Waals surface area (Å²) in [6.07, 6.45) is 4.87. The summed E-state index contributed by atoms with van der Waals surface area (Å²) in [4.78, 5) is 20.4. The van der Waals surface area contributed by atoms with Gasteiger partial charge in [-0.05, 0) is 42.0 Å². The molecule has 8 heteroatoms. The average molecular weight is 389 g/mol. The Morgan fingerprint density at radius 2 is 1.83 bits per heavy atom. The van der Waals surface area contributed by atoms with E-state index in [2.05, 4.69) is 15.1 Å². The van der Waals surface area contributed by atoms with E-state index in [0.717, 1.165) is 5.56 Å². The molecular formula is C21H17N4O4-. The first-order valence-electron chi connectivity index (χ1n) is 8.80. The van der Waals surface area contributed by atoms with E-state index >= 15 is 0 Å². The van der Waals surface area contributed by atoms with Crippen molar-refractivity contribution in [2.75, 3.05) is 14.2 Å². The Bertz CT molecular complexity index is 1190. The van der Waals surface area contributed by atoms with Gasteiger partial charge in [0.1, 0.15) is 0 Å². The Morgan fingerprint density at radius 3 is 2.52 bits per heavy atom. The predicted molar refractivity (Wildman–Crippen MR) is 104 cm³/mol. The van der Waals surface area contributed by atoms with Gasteiger partial charge in [-0.3, -0.25) is 4.98 Å². The lowest BCUT2D eigenvalue weighted by Gasteiger charge is -2.12. The van der Waals surface area contributed by atoms with E-state index in [1.807, 2.05) is 12.1 Å². The van der Waals surface area contributed by atoms with Crippen molar-refractivity contribution >= 4 is 17.0 Å². The summed E-state index contributed by atoms with van der Waals surface area (Å²) < 4.78 is 12.3. The van der Waals surface area contributed by atoms with E-state index in [1.54, 1.807) is 42.4 Å². The highest BCUT2D eigenvalue weighted by atomic mass is 16.5. The summed E-state index contributed by atoms with van der Waals surface area (Å²) in [7, 11) is 3.09. The smallest absolute Gasteiger partial charge is 0.161 e. The van der Waals surface area contributed by atoms with E-state index in [-0.39, 0.29) is 5.56 Å². The van der Waals surface area contributed by atoms with Crippen molar-refractivity contribution in [1.82, 2.24) is 19.7 Å². The number of aromatic nitrogens is 4. The van der Waals surface area contributed by atoms with Gasteiger partial charge in [-0.25, -0.2) is 9.67 Å². The maximum atomic E-state index is 11.8. The van der Waals surface area contributed by atoms with E-state index in [0.29, 0.717) is 40.3 Å². The number of carboxylic acid groups (broad SMARTS) is 1. The lowest BCUT2D eigenvalue weighted by Crippen LogP contribution is -2.22. The molecule has 0 N–H and O–H groups in total. The summed E-state index contributed by atoms with van der Waals surface area (Å²) in [5, 5.41) is 16.5. The zero-order chi connectivity index (χ0) is 20.4. The largest absolute Gasteiger partial charge is 0.545 e. The molecule has 0 atom stereocenters. The van der Waals surface area contributed by atoms with Gasteiger partial charge in [0.2, 0.25) is 0 Å². The van der Waals surface area contributed by atoms with Gasteiger partial charge < -0.3 is 19.4 Å². The predicted octanol–water partition coefficient (Wildman–Crippen LogP) is 1.92. The normalized spacial score (nSPS) is 10.8. The van der Waals surface area contributed by atoms with Gasteiger partial charge in [0.05, 0.1) is 38.6 Å². The third-order valence-corrected chi connectivity index (χ3v) is 4.59. The van der Waals surface area contributed by atoms with Crippen LogP contribution in [0.1, 0.15) is 15.9 Å². The van der Waals surface area contributed by atoms with Crippen molar-refractivity contribution < 1.29 is 19.4 Å². The molecule has 0 spiro atoms. The third kappa shape index (κ3) is 3.47. The van der Waals surface area contributed by atoms with Crippen LogP contribution in [0.25, 0.3) is 22.3 Å². The molecule has 0 saturated heterocycles. The van der Waals surface area contributed by atoms with Crippen molar-refractivity contribution in [1.29, 1.82) is 0 Å². The molecule has 0 saturated carbocycles. The van der Waals surface area contributed by atoms with Crippen molar-refractivity contribution in [2.45, 2.75) is 6.54 Å². The Balaban J connectivity index is 1.87. The number of benzene rings is 1. The van der Waals surface area contributed by atoms with Crippen LogP contribution < -0.4 is 14.6 Å². The molecule has 8 nitrogen and oxygen atoms in total. The fourth-order valence-electron chi connectivity index (χ4n) is 3.14. The molecule has 0 radical (unpaired) electrons. The highest BCUT2D eigenvalue weighted by Gasteiger charge is 2.15. The molecule has 0 aliphatic heterocycles. The number of ether oxygens (including phenoxy) is 2. The van der Waals surface area contributed by atoms with Gasteiger partial charge >= 0.3 is 0 Å². The number of carbonyl (C=O) groups excluding carboxylic acids is 1. The molecule has 4 rings (SSSR count). The highest BCUT2D eigenvalue weighted by molar-refractivity contribution is 6.01. The highest BCUT2D eigenvalue weighted by Crippen LogP contribution is 2.33. The van der Waals surface area contributed by atoms with E-state index in [4.69, 9.17) is 9.47 Å². The van der Waals surface area contributed by atoms with Crippen LogP contribution in [0, 0.1) is 0 Å². The zero-order valence-electron chi connectivity index (χ0n) is 15.8. The number of carboxylic acids is 1. The molecule has 0 amide bonds. The second kappa shape index (κ2) is 7.59. The first-order chi connectivity index (χ1) is 14.1. The van der Waals surface area contributed by atoms with Gasteiger partial charge in [0, 0.05) is 28.9 Å². The molecular weight excluding hydrogens is 372 g/mol. The summed E-state index contributed by atoms with van der Waals surface area (Å²) in [5.74, 6) is -0.199. The lowest BCUT2D eigenvalue weighted by molar-refractivity contribution is -0.254. The van der Waals surface area contributed by atoms with Gasteiger partial charge in [-0.15, -0.1) is 0 Å². The van der Waals surface area contributed by atoms with Gasteiger partial charge in [-0.2, -0.15) is 5.10 Å². The van der Waals surface area contributed by atoms with Gasteiger partial charge in [-0.1, -0.05) is 0 Å². The molecule has 3 heterocycles. The minimum Gasteiger partial charge on any atom is -0.545 e. The minimum atomic E-state index is -1.29. The van der Waals surface area contributed by atoms with Gasteiger partial charge in [0.15, 0.2) is 17.1 Å². The third-order valence-electron chi connectivity index (χ3n) is 4.59. The Morgan fingerprint density at radius 1 is 1.07 bits per heavy atom. The van der Waals surface area contributed by atoms with Crippen LogP contribution in [0.3, 0.4) is 0 Å². The molecule has 29 heavy (non-hydrogen) atoms. The van der Waals surface area contributed by atoms with E-state index in [9.17, 15) is 9.90 Å². The lowest BCUT2D eigenvalue weighted by atomic mass is 10.1. The first kappa shape index (κ1) is 18.4. The van der Waals surface area contributed by atoms with Crippen LogP contribution in [0.15, 0.2) is 55.0 Å². The second-order valence-electron chi connectivity index (χ2n) is 6.31. The van der Waals surface area contributed by atoms with Crippen molar-refractivity contribution in [3.8, 4) is 22.8 Å². The Kier molecular flexibility index (Phi) is 4.82. The SMILES string of the molecule is COc1ccc(-c2cc(C(=O)[O-])c3cnn(Cc4ccncc4)c3n2)cc1OC. The summed E-state index contributed by atoms with van der Waals surface area (Å²) in [5.41, 5.74) is 2.60. The van der Waals surface area contributed by atoms with Crippen molar-refractivity contribution in [3.05, 3.63) is 66.1 Å². The quantitative estimate of drug-likeness (QED) is 0.496. The number of hydrogen-bond donors (Lipinski definition) is 0. The van der Waals surface area contributed by atoms with Crippen molar-refractivity contribution in [3.63, 3.8) is 0 Å². The number of rotatable bonds is 6. The number of nitrogens with zero attached hydrogens (tertiary/aromatic N) is 4. The number of hydrogen-bond acceptors (Lipinski definition) is 7. The summed E-state index contributed by atoms with van der Waals surface area (Å²) in [6, 6.07) is 10.5. The van der Waals surface area contributed by atoms with Crippen LogP contribution in [-0.4, -0.2) is 39.9 Å². The minimum absolute atomic E-state index is 0.0285. The number of methoxy groups -OCH3 is 2. The fourth-order valence-corrected chi connectivity index (χ4v) is 3.14. The van der Waals surface area contributed by atoms with Crippen LogP contribution in [0.4, 0.5) is 0 Å². The molecule has 3 aromatic heterocycles. The molecule has 146 valence electrons. The Hall–Kier alpha value is -3.94. The van der Waals surface area contributed by atoms with Crippen LogP contribution in [0.5, 0.6) is 11.5 Å². The molecule has 0 aliphatic carbocycles. The Labute approximate surface area is 166 Å². The van der Waals surface area contributed by atoms with Crippen LogP contribution in [0.2, 0.25) is 0 Å². The summed E-state index contributed by atoms with van der Waals surface area (Å²) >= 11 is 0. The average Bonchev–Trinajstić information content (AvgIpc) is 3.15. The molecule has 0 unspecified atom stereocenters. The first-order valence-corrected chi connectivity index (χ1v) is 8.80. The maximum absolute atomic E-state index is 11.8. The molecule has 0 fully saturated rings. The topological polar surface area (TPSA) is 102 Å². The monoisotopic (exact) mass is 389 g/mol. The van der Waals surface area contributed by atoms with E-state index in [1.165, 1.54) is 19.4 Å². The number of aromatic carboxylic acids is 1. The number of carbonyl (C=O) groups is 1. The fraction of sp³-hybridized carbons (Fsp3) is 0.143. The number of pyridine rings is 2. The summed E-state index contributed by atoms with van der Waals surface area (Å²) in [6.45, 7) is 0.431. The van der Waals surface area contributed by atoms with Crippen LogP contribution in [-0.2, 0) is 6.54 Å². The van der Waals surface area contributed by atoms with Crippen molar-refractivity contribution in [2.24, 2.45) is 0 Å². The van der Waals surface area contributed by atoms with Crippen LogP contribution >= 0.6 is 0 Å². The molecule has 4 aromatic rings. The van der Waals surface area contributed by atoms with Gasteiger partial charge in [0.25, 0.3) is 0 Å².